The van der Waals surface area contributed by atoms with E-state index in [-0.39, 0.29) is 6.03 Å². The van der Waals surface area contributed by atoms with Crippen molar-refractivity contribution >= 4 is 17.8 Å². The lowest BCUT2D eigenvalue weighted by molar-refractivity contribution is 0.253. The predicted octanol–water partition coefficient (Wildman–Crippen LogP) is 3.71. The largest absolute Gasteiger partial charge is 0.348 e. The number of nitriles is 1. The van der Waals surface area contributed by atoms with Crippen molar-refractivity contribution < 1.29 is 4.79 Å². The summed E-state index contributed by atoms with van der Waals surface area (Å²) in [4.78, 5) is 19.0. The van der Waals surface area contributed by atoms with Crippen LogP contribution in [0.5, 0.6) is 0 Å². The molecule has 0 radical (unpaired) electrons. The molecule has 0 saturated heterocycles. The molecule has 27 heavy (non-hydrogen) atoms. The summed E-state index contributed by atoms with van der Waals surface area (Å²) in [6, 6.07) is 16.7. The fourth-order valence-corrected chi connectivity index (χ4v) is 2.50. The van der Waals surface area contributed by atoms with Gasteiger partial charge in [-0.2, -0.15) is 5.26 Å². The molecule has 3 aromatic rings. The van der Waals surface area contributed by atoms with Crippen LogP contribution >= 0.6 is 0 Å². The molecule has 0 fully saturated rings. The quantitative estimate of drug-likeness (QED) is 0.628. The van der Waals surface area contributed by atoms with E-state index in [9.17, 15) is 4.79 Å². The van der Waals surface area contributed by atoms with Gasteiger partial charge in [0.25, 0.3) is 0 Å². The molecule has 0 atom stereocenters. The summed E-state index contributed by atoms with van der Waals surface area (Å²) in [5.41, 5.74) is 4.55. The number of nitrogens with zero attached hydrogens (tertiary/aromatic N) is 2. The van der Waals surface area contributed by atoms with Gasteiger partial charge >= 0.3 is 6.03 Å². The van der Waals surface area contributed by atoms with E-state index in [4.69, 9.17) is 5.26 Å². The zero-order valence-electron chi connectivity index (χ0n) is 14.6. The first kappa shape index (κ1) is 18.0. The first-order chi connectivity index (χ1) is 13.2. The summed E-state index contributed by atoms with van der Waals surface area (Å²) >= 11 is 0. The van der Waals surface area contributed by atoms with E-state index in [1.54, 1.807) is 30.6 Å². The Kier molecular flexibility index (Phi) is 6.00. The number of benzene rings is 2. The monoisotopic (exact) mass is 357 g/mol. The van der Waals surface area contributed by atoms with Crippen molar-refractivity contribution in [3.63, 3.8) is 0 Å². The number of hydrogen-bond acceptors (Lipinski definition) is 3. The highest BCUT2D eigenvalue weighted by Gasteiger charge is 2.00. The van der Waals surface area contributed by atoms with Crippen LogP contribution in [0.2, 0.25) is 0 Å². The van der Waals surface area contributed by atoms with Crippen molar-refractivity contribution in [2.45, 2.75) is 6.42 Å². The number of carbonyl (C=O) groups is 1. The molecule has 3 N–H and O–H groups in total. The highest BCUT2D eigenvalue weighted by molar-refractivity contribution is 5.89. The lowest BCUT2D eigenvalue weighted by atomic mass is 10.1. The fraction of sp³-hybridized carbons (Fsp3) is 0.0952. The van der Waals surface area contributed by atoms with Crippen LogP contribution in [0.4, 0.5) is 10.5 Å². The number of amides is 2. The van der Waals surface area contributed by atoms with Crippen LogP contribution in [-0.4, -0.2) is 22.5 Å². The Morgan fingerprint density at radius 1 is 1.15 bits per heavy atom. The van der Waals surface area contributed by atoms with E-state index < -0.39 is 0 Å². The van der Waals surface area contributed by atoms with Gasteiger partial charge in [-0.25, -0.2) is 9.78 Å². The van der Waals surface area contributed by atoms with Crippen LogP contribution in [0, 0.1) is 11.3 Å². The SMILES string of the molecule is N#Cc1ccc(NC(=O)NC/C=C/c2ccc(Cc3cnc[nH]3)cc2)cc1. The summed E-state index contributed by atoms with van der Waals surface area (Å²) in [5.74, 6) is 0. The Labute approximate surface area is 157 Å². The van der Waals surface area contributed by atoms with Gasteiger partial charge in [0.05, 0.1) is 18.0 Å². The molecular weight excluding hydrogens is 338 g/mol. The molecule has 0 unspecified atom stereocenters. The topological polar surface area (TPSA) is 93.6 Å². The molecular formula is C21H19N5O. The number of nitrogens with one attached hydrogen (secondary N) is 3. The maximum atomic E-state index is 11.8. The summed E-state index contributed by atoms with van der Waals surface area (Å²) in [5, 5.41) is 14.2. The molecule has 0 aliphatic rings. The van der Waals surface area contributed by atoms with Crippen LogP contribution in [0.1, 0.15) is 22.4 Å². The minimum absolute atomic E-state index is 0.292. The van der Waals surface area contributed by atoms with Crippen LogP contribution in [0.25, 0.3) is 6.08 Å². The van der Waals surface area contributed by atoms with E-state index in [0.717, 1.165) is 17.7 Å². The van der Waals surface area contributed by atoms with Crippen molar-refractivity contribution in [3.8, 4) is 6.07 Å². The number of urea groups is 1. The molecule has 2 amide bonds. The molecule has 6 nitrogen and oxygen atoms in total. The standard InChI is InChI=1S/C21H19N5O/c22-13-18-7-9-19(10-8-18)26-21(27)24-11-1-2-16-3-5-17(6-4-16)12-20-14-23-15-25-20/h1-10,14-15H,11-12H2,(H,23,25)(H2,24,26,27)/b2-1+. The molecule has 0 spiro atoms. The van der Waals surface area contributed by atoms with E-state index in [1.807, 2.05) is 36.6 Å². The predicted molar refractivity (Wildman–Crippen MR) is 105 cm³/mol. The van der Waals surface area contributed by atoms with Gasteiger partial charge in [-0.05, 0) is 35.4 Å². The third-order valence-electron chi connectivity index (χ3n) is 3.89. The van der Waals surface area contributed by atoms with Gasteiger partial charge in [0.2, 0.25) is 0 Å². The molecule has 1 aromatic heterocycles. The van der Waals surface area contributed by atoms with Gasteiger partial charge < -0.3 is 15.6 Å². The third-order valence-corrected chi connectivity index (χ3v) is 3.89. The Bertz CT molecular complexity index is 936. The second kappa shape index (κ2) is 9.02. The normalized spacial score (nSPS) is 10.5. The molecule has 134 valence electrons. The zero-order chi connectivity index (χ0) is 18.9. The van der Waals surface area contributed by atoms with Gasteiger partial charge in [-0.1, -0.05) is 36.4 Å². The van der Waals surface area contributed by atoms with Gasteiger partial charge in [-0.3, -0.25) is 0 Å². The van der Waals surface area contributed by atoms with Gasteiger partial charge in [0, 0.05) is 30.5 Å². The molecule has 1 heterocycles. The zero-order valence-corrected chi connectivity index (χ0v) is 14.6. The number of hydrogen-bond donors (Lipinski definition) is 3. The molecule has 6 heteroatoms. The lowest BCUT2D eigenvalue weighted by Crippen LogP contribution is -2.28. The molecule has 0 bridgehead atoms. The maximum Gasteiger partial charge on any atom is 0.319 e. The first-order valence-corrected chi connectivity index (χ1v) is 8.51. The van der Waals surface area contributed by atoms with E-state index in [1.165, 1.54) is 5.56 Å². The average molecular weight is 357 g/mol. The minimum Gasteiger partial charge on any atom is -0.348 e. The Balaban J connectivity index is 1.43. The van der Waals surface area contributed by atoms with Crippen LogP contribution < -0.4 is 10.6 Å². The Morgan fingerprint density at radius 3 is 2.59 bits per heavy atom. The van der Waals surface area contributed by atoms with Crippen molar-refractivity contribution in [1.82, 2.24) is 15.3 Å². The summed E-state index contributed by atoms with van der Waals surface area (Å²) < 4.78 is 0. The van der Waals surface area contributed by atoms with Crippen LogP contribution in [-0.2, 0) is 6.42 Å². The molecule has 0 aliphatic heterocycles. The van der Waals surface area contributed by atoms with E-state index >= 15 is 0 Å². The van der Waals surface area contributed by atoms with Crippen molar-refractivity contribution in [2.24, 2.45) is 0 Å². The summed E-state index contributed by atoms with van der Waals surface area (Å²) in [7, 11) is 0. The number of H-pyrrole nitrogens is 1. The van der Waals surface area contributed by atoms with Gasteiger partial charge in [0.15, 0.2) is 0 Å². The molecule has 0 saturated carbocycles. The maximum absolute atomic E-state index is 11.8. The van der Waals surface area contributed by atoms with Crippen molar-refractivity contribution in [3.05, 3.63) is 89.5 Å². The smallest absolute Gasteiger partial charge is 0.319 e. The summed E-state index contributed by atoms with van der Waals surface area (Å²) in [6.07, 6.45) is 8.17. The molecule has 3 rings (SSSR count). The molecule has 2 aromatic carbocycles. The highest BCUT2D eigenvalue weighted by atomic mass is 16.2. The number of rotatable bonds is 6. The second-order valence-electron chi connectivity index (χ2n) is 5.92. The lowest BCUT2D eigenvalue weighted by Gasteiger charge is -2.05. The van der Waals surface area contributed by atoms with Crippen molar-refractivity contribution in [1.29, 1.82) is 5.26 Å². The number of aromatic nitrogens is 2. The number of imidazole rings is 1. The van der Waals surface area contributed by atoms with Gasteiger partial charge in [0.1, 0.15) is 0 Å². The third kappa shape index (κ3) is 5.58. The number of carbonyl (C=O) groups excluding carboxylic acids is 1. The minimum atomic E-state index is -0.292. The Morgan fingerprint density at radius 2 is 1.93 bits per heavy atom. The van der Waals surface area contributed by atoms with Gasteiger partial charge in [-0.15, -0.1) is 0 Å². The average Bonchev–Trinajstić information content (AvgIpc) is 3.20. The van der Waals surface area contributed by atoms with Crippen molar-refractivity contribution in [2.75, 3.05) is 11.9 Å². The summed E-state index contributed by atoms with van der Waals surface area (Å²) in [6.45, 7) is 0.415. The van der Waals surface area contributed by atoms with E-state index in [0.29, 0.717) is 17.8 Å². The Hall–Kier alpha value is -3.85. The number of anilines is 1. The highest BCUT2D eigenvalue weighted by Crippen LogP contribution is 2.10. The van der Waals surface area contributed by atoms with Crippen LogP contribution in [0.15, 0.2) is 67.1 Å². The molecule has 0 aliphatic carbocycles. The van der Waals surface area contributed by atoms with Crippen LogP contribution in [0.3, 0.4) is 0 Å². The number of aromatic amines is 1. The fourth-order valence-electron chi connectivity index (χ4n) is 2.50. The first-order valence-electron chi connectivity index (χ1n) is 8.51. The van der Waals surface area contributed by atoms with E-state index in [2.05, 4.69) is 32.7 Å². The second-order valence-corrected chi connectivity index (χ2v) is 5.92.